The van der Waals surface area contributed by atoms with Gasteiger partial charge in [-0.15, -0.1) is 0 Å². The predicted molar refractivity (Wildman–Crippen MR) is 140 cm³/mol. The van der Waals surface area contributed by atoms with Gasteiger partial charge in [-0.25, -0.2) is 9.59 Å². The van der Waals surface area contributed by atoms with Crippen molar-refractivity contribution in [2.75, 3.05) is 13.2 Å². The molecule has 0 unspecified atom stereocenters. The molecule has 0 bridgehead atoms. The van der Waals surface area contributed by atoms with E-state index >= 15 is 0 Å². The van der Waals surface area contributed by atoms with E-state index in [9.17, 15) is 9.59 Å². The van der Waals surface area contributed by atoms with E-state index in [-0.39, 0.29) is 25.5 Å². The molecule has 0 radical (unpaired) electrons. The number of esters is 2. The van der Waals surface area contributed by atoms with E-state index in [1.165, 1.54) is 0 Å². The normalized spacial score (nSPS) is 11.1. The highest BCUT2D eigenvalue weighted by atomic mass is 35.5. The fourth-order valence-electron chi connectivity index (χ4n) is 4.27. The van der Waals surface area contributed by atoms with Gasteiger partial charge in [0.05, 0.1) is 30.8 Å². The number of fused-ring (bicyclic) bond motifs is 1. The first-order valence-electron chi connectivity index (χ1n) is 11.9. The summed E-state index contributed by atoms with van der Waals surface area (Å²) >= 11 is 6.18. The number of hydrogen-bond acceptors (Lipinski definition) is 6. The zero-order valence-corrected chi connectivity index (χ0v) is 21.1. The lowest BCUT2D eigenvalue weighted by atomic mass is 10.0. The van der Waals surface area contributed by atoms with E-state index < -0.39 is 11.9 Å². The molecule has 0 fully saturated rings. The number of aromatic nitrogens is 1. The Bertz CT molecular complexity index is 1560. The summed E-state index contributed by atoms with van der Waals surface area (Å²) < 4.78 is 24.3. The Balaban J connectivity index is 1.72. The Kier molecular flexibility index (Phi) is 6.88. The van der Waals surface area contributed by atoms with Crippen LogP contribution in [-0.4, -0.2) is 29.7 Å². The third-order valence-electron chi connectivity index (χ3n) is 5.84. The van der Waals surface area contributed by atoms with Gasteiger partial charge in [-0.2, -0.15) is 0 Å². The number of carbonyl (C=O) groups excluding carboxylic acids is 2. The van der Waals surface area contributed by atoms with E-state index in [4.69, 9.17) is 29.9 Å². The van der Waals surface area contributed by atoms with Gasteiger partial charge in [-0.1, -0.05) is 54.1 Å². The first kappa shape index (κ1) is 24.5. The number of carbonyl (C=O) groups is 2. The smallest absolute Gasteiger partial charge is 0.374 e. The van der Waals surface area contributed by atoms with Gasteiger partial charge in [0, 0.05) is 16.7 Å². The lowest BCUT2D eigenvalue weighted by molar-refractivity contribution is 0.0482. The second kappa shape index (κ2) is 10.4. The fourth-order valence-corrected chi connectivity index (χ4v) is 4.40. The van der Waals surface area contributed by atoms with Crippen LogP contribution in [0.3, 0.4) is 0 Å². The Morgan fingerprint density at radius 1 is 0.838 bits per heavy atom. The molecule has 0 aliphatic carbocycles. The molecule has 0 saturated heterocycles. The second-order valence-corrected chi connectivity index (χ2v) is 8.65. The molecule has 0 aliphatic rings. The third kappa shape index (κ3) is 4.78. The van der Waals surface area contributed by atoms with Crippen molar-refractivity contribution in [1.29, 1.82) is 0 Å². The van der Waals surface area contributed by atoms with Crippen LogP contribution in [0.2, 0.25) is 5.02 Å². The first-order valence-corrected chi connectivity index (χ1v) is 12.3. The van der Waals surface area contributed by atoms with E-state index in [1.54, 1.807) is 36.6 Å². The van der Waals surface area contributed by atoms with E-state index in [0.29, 0.717) is 33.3 Å². The van der Waals surface area contributed by atoms with Gasteiger partial charge in [-0.05, 0) is 43.7 Å². The van der Waals surface area contributed by atoms with Gasteiger partial charge in [0.2, 0.25) is 5.76 Å². The van der Waals surface area contributed by atoms with Gasteiger partial charge in [0.25, 0.3) is 0 Å². The quantitative estimate of drug-likeness (QED) is 0.202. The van der Waals surface area contributed by atoms with Crippen LogP contribution in [0, 0.1) is 0 Å². The Morgan fingerprint density at radius 2 is 1.54 bits per heavy atom. The summed E-state index contributed by atoms with van der Waals surface area (Å²) in [6.07, 6.45) is 0. The highest BCUT2D eigenvalue weighted by Gasteiger charge is 2.27. The molecule has 0 spiro atoms. The molecule has 188 valence electrons. The van der Waals surface area contributed by atoms with Crippen molar-refractivity contribution in [3.63, 3.8) is 0 Å². The Labute approximate surface area is 218 Å². The largest absolute Gasteiger partial charge is 0.461 e. The second-order valence-electron chi connectivity index (χ2n) is 8.21. The number of nitrogens with zero attached hydrogens (tertiary/aromatic N) is 1. The predicted octanol–water partition coefficient (Wildman–Crippen LogP) is 7.22. The lowest BCUT2D eigenvalue weighted by Crippen LogP contribution is -2.13. The number of benzene rings is 2. The molecular formula is C29H24ClNO6. The molecule has 8 heteroatoms. The number of hydrogen-bond donors (Lipinski definition) is 0. The molecule has 0 aliphatic heterocycles. The summed E-state index contributed by atoms with van der Waals surface area (Å²) in [5, 5.41) is 0.606. The van der Waals surface area contributed by atoms with Crippen molar-refractivity contribution in [2.45, 2.75) is 20.4 Å². The van der Waals surface area contributed by atoms with Crippen LogP contribution in [0.4, 0.5) is 0 Å². The summed E-state index contributed by atoms with van der Waals surface area (Å²) in [5.41, 5.74) is 4.06. The summed E-state index contributed by atoms with van der Waals surface area (Å²) in [7, 11) is 0. The summed E-state index contributed by atoms with van der Waals surface area (Å²) in [6.45, 7) is 4.09. The minimum absolute atomic E-state index is 0.0908. The average Bonchev–Trinajstić information content (AvgIpc) is 3.61. The van der Waals surface area contributed by atoms with Gasteiger partial charge in [0.1, 0.15) is 17.2 Å². The molecule has 0 amide bonds. The molecular weight excluding hydrogens is 494 g/mol. The highest BCUT2D eigenvalue weighted by molar-refractivity contribution is 6.30. The molecule has 0 N–H and O–H groups in total. The Hall–Kier alpha value is -4.23. The summed E-state index contributed by atoms with van der Waals surface area (Å²) in [6, 6.07) is 22.1. The van der Waals surface area contributed by atoms with Crippen molar-refractivity contribution in [2.24, 2.45) is 0 Å². The first-order chi connectivity index (χ1) is 18.0. The monoisotopic (exact) mass is 517 g/mol. The lowest BCUT2D eigenvalue weighted by Gasteiger charge is -2.11. The molecule has 0 saturated carbocycles. The number of ether oxygens (including phenoxy) is 2. The van der Waals surface area contributed by atoms with E-state index in [2.05, 4.69) is 0 Å². The van der Waals surface area contributed by atoms with Crippen molar-refractivity contribution < 1.29 is 27.9 Å². The Morgan fingerprint density at radius 3 is 2.24 bits per heavy atom. The zero-order valence-electron chi connectivity index (χ0n) is 20.3. The van der Waals surface area contributed by atoms with Gasteiger partial charge < -0.3 is 22.9 Å². The number of furan rings is 2. The minimum atomic E-state index is -0.548. The SMILES string of the molecule is CCOC(=O)c1ccc(Cn2c(C(=O)OCC)cc3oc(-c4ccccc4)c(-c4ccc(Cl)cc4)c32)o1. The summed E-state index contributed by atoms with van der Waals surface area (Å²) in [4.78, 5) is 25.1. The standard InChI is InChI=1S/C29H24ClNO6/c1-3-34-28(32)22-16-24-26(31(22)17-21-14-15-23(36-21)29(33)35-4-2)25(18-10-12-20(30)13-11-18)27(37-24)19-8-6-5-7-9-19/h5-16H,3-4,17H2,1-2H3. The van der Waals surface area contributed by atoms with Gasteiger partial charge >= 0.3 is 11.9 Å². The molecule has 2 aromatic carbocycles. The van der Waals surface area contributed by atoms with E-state index in [0.717, 1.165) is 16.7 Å². The van der Waals surface area contributed by atoms with Crippen LogP contribution in [0.1, 0.15) is 40.7 Å². The maximum atomic E-state index is 13.0. The molecule has 3 aromatic heterocycles. The number of halogens is 1. The summed E-state index contributed by atoms with van der Waals surface area (Å²) in [5.74, 6) is 0.176. The maximum absolute atomic E-state index is 13.0. The maximum Gasteiger partial charge on any atom is 0.374 e. The van der Waals surface area contributed by atoms with Crippen molar-refractivity contribution in [1.82, 2.24) is 4.57 Å². The molecule has 3 heterocycles. The fraction of sp³-hybridized carbons (Fsp3) is 0.172. The molecule has 37 heavy (non-hydrogen) atoms. The van der Waals surface area contributed by atoms with Crippen molar-refractivity contribution >= 4 is 34.6 Å². The zero-order chi connectivity index (χ0) is 25.9. The van der Waals surface area contributed by atoms with Crippen LogP contribution in [0.15, 0.2) is 81.6 Å². The van der Waals surface area contributed by atoms with Crippen molar-refractivity contribution in [3.05, 3.63) is 95.0 Å². The molecule has 5 rings (SSSR count). The minimum Gasteiger partial charge on any atom is -0.461 e. The molecule has 7 nitrogen and oxygen atoms in total. The van der Waals surface area contributed by atoms with Crippen LogP contribution in [0.25, 0.3) is 33.6 Å². The van der Waals surface area contributed by atoms with Crippen LogP contribution in [0.5, 0.6) is 0 Å². The van der Waals surface area contributed by atoms with Crippen LogP contribution >= 0.6 is 11.6 Å². The molecule has 5 aromatic rings. The van der Waals surface area contributed by atoms with Crippen LogP contribution < -0.4 is 0 Å². The topological polar surface area (TPSA) is 83.8 Å². The van der Waals surface area contributed by atoms with Gasteiger partial charge in [0.15, 0.2) is 5.58 Å². The highest BCUT2D eigenvalue weighted by Crippen LogP contribution is 2.43. The van der Waals surface area contributed by atoms with Gasteiger partial charge in [-0.3, -0.25) is 0 Å². The number of rotatable bonds is 8. The average molecular weight is 518 g/mol. The van der Waals surface area contributed by atoms with Crippen LogP contribution in [-0.2, 0) is 16.0 Å². The van der Waals surface area contributed by atoms with Crippen molar-refractivity contribution in [3.8, 4) is 22.5 Å². The third-order valence-corrected chi connectivity index (χ3v) is 6.10. The van der Waals surface area contributed by atoms with E-state index in [1.807, 2.05) is 54.6 Å². The molecule has 0 atom stereocenters.